The molecule has 0 aliphatic rings. The van der Waals surface area contributed by atoms with Crippen molar-refractivity contribution in [3.63, 3.8) is 0 Å². The van der Waals surface area contributed by atoms with Gasteiger partial charge in [-0.15, -0.1) is 0 Å². The van der Waals surface area contributed by atoms with E-state index in [1.165, 1.54) is 18.2 Å². The van der Waals surface area contributed by atoms with Gasteiger partial charge >= 0.3 is 6.18 Å². The Bertz CT molecular complexity index is 808. The molecule has 0 heterocycles. The van der Waals surface area contributed by atoms with Crippen LogP contribution >= 0.6 is 0 Å². The molecule has 0 unspecified atom stereocenters. The Morgan fingerprint density at radius 3 is 2.27 bits per heavy atom. The van der Waals surface area contributed by atoms with Crippen LogP contribution in [0.25, 0.3) is 10.8 Å². The number of phenolic OH excluding ortho intramolecular Hbond substituents is 1. The molecule has 3 aromatic rings. The summed E-state index contributed by atoms with van der Waals surface area (Å²) in [5.41, 5.74) is -0.720. The SMILES string of the molecule is Oc1ccc2c(Oc3ccc(C(F)(F)F)cc3)cccc2c1. The molecule has 0 aliphatic carbocycles. The van der Waals surface area contributed by atoms with Gasteiger partial charge in [0.05, 0.1) is 5.56 Å². The quantitative estimate of drug-likeness (QED) is 0.691. The van der Waals surface area contributed by atoms with Crippen molar-refractivity contribution in [3.8, 4) is 17.2 Å². The second kappa shape index (κ2) is 5.26. The zero-order chi connectivity index (χ0) is 15.7. The molecule has 5 heteroatoms. The Morgan fingerprint density at radius 2 is 1.59 bits per heavy atom. The van der Waals surface area contributed by atoms with Crippen LogP contribution in [0.5, 0.6) is 17.2 Å². The molecule has 0 spiro atoms. The number of benzene rings is 3. The summed E-state index contributed by atoms with van der Waals surface area (Å²) < 4.78 is 43.2. The Balaban J connectivity index is 1.93. The minimum absolute atomic E-state index is 0.138. The largest absolute Gasteiger partial charge is 0.508 e. The molecule has 0 fully saturated rings. The smallest absolute Gasteiger partial charge is 0.416 e. The molecule has 22 heavy (non-hydrogen) atoms. The maximum atomic E-state index is 12.5. The summed E-state index contributed by atoms with van der Waals surface area (Å²) in [6.45, 7) is 0. The highest BCUT2D eigenvalue weighted by molar-refractivity contribution is 5.89. The van der Waals surface area contributed by atoms with Crippen LogP contribution < -0.4 is 4.74 Å². The van der Waals surface area contributed by atoms with E-state index in [1.807, 2.05) is 6.07 Å². The van der Waals surface area contributed by atoms with Gasteiger partial charge in [-0.2, -0.15) is 13.2 Å². The van der Waals surface area contributed by atoms with Crippen LogP contribution in [0.15, 0.2) is 60.7 Å². The lowest BCUT2D eigenvalue weighted by atomic mass is 10.1. The third-order valence-electron chi connectivity index (χ3n) is 3.23. The predicted octanol–water partition coefficient (Wildman–Crippen LogP) is 5.36. The number of hydrogen-bond acceptors (Lipinski definition) is 2. The first-order chi connectivity index (χ1) is 10.4. The van der Waals surface area contributed by atoms with E-state index >= 15 is 0 Å². The molecule has 0 bridgehead atoms. The van der Waals surface area contributed by atoms with Crippen LogP contribution in [0, 0.1) is 0 Å². The Kier molecular flexibility index (Phi) is 3.41. The van der Waals surface area contributed by atoms with Gasteiger partial charge in [-0.25, -0.2) is 0 Å². The van der Waals surface area contributed by atoms with Crippen LogP contribution in [-0.2, 0) is 6.18 Å². The summed E-state index contributed by atoms with van der Waals surface area (Å²) in [4.78, 5) is 0. The Labute approximate surface area is 124 Å². The van der Waals surface area contributed by atoms with Crippen molar-refractivity contribution in [2.24, 2.45) is 0 Å². The van der Waals surface area contributed by atoms with Crippen molar-refractivity contribution in [2.75, 3.05) is 0 Å². The van der Waals surface area contributed by atoms with E-state index in [0.29, 0.717) is 11.5 Å². The number of fused-ring (bicyclic) bond motifs is 1. The molecular formula is C17H11F3O2. The average molecular weight is 304 g/mol. The Morgan fingerprint density at radius 1 is 0.864 bits per heavy atom. The highest BCUT2D eigenvalue weighted by Crippen LogP contribution is 2.34. The molecule has 0 atom stereocenters. The monoisotopic (exact) mass is 304 g/mol. The normalized spacial score (nSPS) is 11.6. The van der Waals surface area contributed by atoms with E-state index in [4.69, 9.17) is 4.74 Å². The van der Waals surface area contributed by atoms with E-state index in [-0.39, 0.29) is 5.75 Å². The first-order valence-corrected chi connectivity index (χ1v) is 6.50. The number of aromatic hydroxyl groups is 1. The van der Waals surface area contributed by atoms with E-state index < -0.39 is 11.7 Å². The molecule has 0 radical (unpaired) electrons. The maximum Gasteiger partial charge on any atom is 0.416 e. The third kappa shape index (κ3) is 2.83. The van der Waals surface area contributed by atoms with Crippen molar-refractivity contribution in [3.05, 3.63) is 66.2 Å². The van der Waals surface area contributed by atoms with E-state index in [0.717, 1.165) is 22.9 Å². The van der Waals surface area contributed by atoms with Crippen LogP contribution in [0.2, 0.25) is 0 Å². The number of hydrogen-bond donors (Lipinski definition) is 1. The number of rotatable bonds is 2. The molecule has 2 nitrogen and oxygen atoms in total. The van der Waals surface area contributed by atoms with Crippen molar-refractivity contribution in [1.82, 2.24) is 0 Å². The number of alkyl halides is 3. The average Bonchev–Trinajstić information content (AvgIpc) is 2.47. The lowest BCUT2D eigenvalue weighted by molar-refractivity contribution is -0.137. The molecule has 0 amide bonds. The molecule has 0 saturated heterocycles. The molecule has 0 aromatic heterocycles. The molecule has 112 valence electrons. The number of halogens is 3. The number of phenols is 1. The zero-order valence-corrected chi connectivity index (χ0v) is 11.3. The van der Waals surface area contributed by atoms with Gasteiger partial charge in [-0.1, -0.05) is 12.1 Å². The highest BCUT2D eigenvalue weighted by atomic mass is 19.4. The molecule has 0 saturated carbocycles. The van der Waals surface area contributed by atoms with Gasteiger partial charge in [-0.3, -0.25) is 0 Å². The van der Waals surface area contributed by atoms with Crippen molar-refractivity contribution in [1.29, 1.82) is 0 Å². The van der Waals surface area contributed by atoms with Crippen LogP contribution in [0.3, 0.4) is 0 Å². The summed E-state index contributed by atoms with van der Waals surface area (Å²) in [6, 6.07) is 14.6. The summed E-state index contributed by atoms with van der Waals surface area (Å²) >= 11 is 0. The topological polar surface area (TPSA) is 29.5 Å². The summed E-state index contributed by atoms with van der Waals surface area (Å²) in [7, 11) is 0. The van der Waals surface area contributed by atoms with Gasteiger partial charge < -0.3 is 9.84 Å². The second-order valence-corrected chi connectivity index (χ2v) is 4.79. The molecule has 3 aromatic carbocycles. The van der Waals surface area contributed by atoms with E-state index in [1.54, 1.807) is 24.3 Å². The van der Waals surface area contributed by atoms with Gasteiger partial charge in [0, 0.05) is 5.39 Å². The number of ether oxygens (including phenoxy) is 1. The van der Waals surface area contributed by atoms with E-state index in [2.05, 4.69) is 0 Å². The second-order valence-electron chi connectivity index (χ2n) is 4.79. The lowest BCUT2D eigenvalue weighted by Crippen LogP contribution is -2.03. The molecule has 3 rings (SSSR count). The summed E-state index contributed by atoms with van der Waals surface area (Å²) in [5, 5.41) is 11.0. The third-order valence-corrected chi connectivity index (χ3v) is 3.23. The fourth-order valence-corrected chi connectivity index (χ4v) is 2.17. The standard InChI is InChI=1S/C17H11F3O2/c18-17(19,20)12-4-7-14(8-5-12)22-16-3-1-2-11-10-13(21)6-9-15(11)16/h1-10,21H. The van der Waals surface area contributed by atoms with Crippen molar-refractivity contribution < 1.29 is 23.0 Å². The van der Waals surface area contributed by atoms with E-state index in [9.17, 15) is 18.3 Å². The first kappa shape index (κ1) is 14.3. The first-order valence-electron chi connectivity index (χ1n) is 6.50. The fourth-order valence-electron chi connectivity index (χ4n) is 2.17. The van der Waals surface area contributed by atoms with Crippen LogP contribution in [0.1, 0.15) is 5.56 Å². The fraction of sp³-hybridized carbons (Fsp3) is 0.0588. The molecule has 1 N–H and O–H groups in total. The van der Waals surface area contributed by atoms with Gasteiger partial charge in [0.15, 0.2) is 0 Å². The summed E-state index contributed by atoms with van der Waals surface area (Å²) in [5.74, 6) is 0.963. The lowest BCUT2D eigenvalue weighted by Gasteiger charge is -2.11. The van der Waals surface area contributed by atoms with Crippen LogP contribution in [0.4, 0.5) is 13.2 Å². The van der Waals surface area contributed by atoms with Crippen LogP contribution in [-0.4, -0.2) is 5.11 Å². The predicted molar refractivity (Wildman–Crippen MR) is 77.1 cm³/mol. The highest BCUT2D eigenvalue weighted by Gasteiger charge is 2.30. The minimum Gasteiger partial charge on any atom is -0.508 e. The maximum absolute atomic E-state index is 12.5. The summed E-state index contributed by atoms with van der Waals surface area (Å²) in [6.07, 6.45) is -4.37. The zero-order valence-electron chi connectivity index (χ0n) is 11.3. The van der Waals surface area contributed by atoms with Gasteiger partial charge in [-0.05, 0) is 53.9 Å². The minimum atomic E-state index is -4.37. The van der Waals surface area contributed by atoms with Gasteiger partial charge in [0.25, 0.3) is 0 Å². The molecule has 0 aliphatic heterocycles. The Hall–Kier alpha value is -2.69. The van der Waals surface area contributed by atoms with Crippen molar-refractivity contribution >= 4 is 10.8 Å². The van der Waals surface area contributed by atoms with Crippen molar-refractivity contribution in [2.45, 2.75) is 6.18 Å². The molecular weight excluding hydrogens is 293 g/mol. The van der Waals surface area contributed by atoms with Gasteiger partial charge in [0.1, 0.15) is 17.2 Å². The van der Waals surface area contributed by atoms with Gasteiger partial charge in [0.2, 0.25) is 0 Å².